The first kappa shape index (κ1) is 19.9. The van der Waals surface area contributed by atoms with Gasteiger partial charge in [0.15, 0.2) is 11.2 Å². The molecular weight excluding hydrogens is 405 g/mol. The van der Waals surface area contributed by atoms with Crippen LogP contribution in [0.3, 0.4) is 0 Å². The van der Waals surface area contributed by atoms with Gasteiger partial charge in [-0.3, -0.25) is 9.36 Å². The second-order valence-corrected chi connectivity index (χ2v) is 8.07. The average Bonchev–Trinajstić information content (AvgIpc) is 3.04. The van der Waals surface area contributed by atoms with Crippen LogP contribution in [0.15, 0.2) is 35.4 Å². The van der Waals surface area contributed by atoms with E-state index in [1.165, 1.54) is 10.9 Å². The number of benzene rings is 1. The molecule has 154 valence electrons. The fourth-order valence-corrected chi connectivity index (χ4v) is 4.17. The lowest BCUT2D eigenvalue weighted by Gasteiger charge is -2.30. The number of fused-ring (bicyclic) bond motifs is 1. The summed E-state index contributed by atoms with van der Waals surface area (Å²) < 4.78 is 42.1. The molecule has 5 nitrogen and oxygen atoms in total. The van der Waals surface area contributed by atoms with Crippen LogP contribution in [0, 0.1) is 11.8 Å². The van der Waals surface area contributed by atoms with Crippen LogP contribution in [0.4, 0.5) is 13.2 Å². The van der Waals surface area contributed by atoms with Gasteiger partial charge in [0.05, 0.1) is 17.9 Å². The van der Waals surface area contributed by atoms with Crippen molar-refractivity contribution < 1.29 is 13.2 Å². The van der Waals surface area contributed by atoms with Gasteiger partial charge < -0.3 is 4.57 Å². The summed E-state index contributed by atoms with van der Waals surface area (Å²) in [6.45, 7) is 0. The summed E-state index contributed by atoms with van der Waals surface area (Å²) >= 11 is 5.97. The van der Waals surface area contributed by atoms with Gasteiger partial charge in [-0.15, -0.1) is 0 Å². The maximum Gasteiger partial charge on any atom is 0.391 e. The number of imidazole rings is 1. The molecule has 9 heteroatoms. The Balaban J connectivity index is 1.71. The minimum Gasteiger partial charge on any atom is -0.318 e. The van der Waals surface area contributed by atoms with Crippen molar-refractivity contribution in [3.63, 3.8) is 0 Å². The van der Waals surface area contributed by atoms with Crippen LogP contribution in [-0.2, 0) is 13.5 Å². The Morgan fingerprint density at radius 3 is 2.41 bits per heavy atom. The Morgan fingerprint density at radius 2 is 1.79 bits per heavy atom. The molecule has 0 atom stereocenters. The van der Waals surface area contributed by atoms with E-state index in [0.29, 0.717) is 41.4 Å². The van der Waals surface area contributed by atoms with E-state index in [1.54, 1.807) is 35.9 Å². The third-order valence-electron chi connectivity index (χ3n) is 5.67. The molecule has 3 aromatic rings. The quantitative estimate of drug-likeness (QED) is 0.613. The third-order valence-corrected chi connectivity index (χ3v) is 5.92. The molecule has 4 rings (SSSR count). The SMILES string of the molecule is Cn1cnc2c(=O)n(-c3ccc(Cl)cc3)c(CC3CCC(C(F)(F)F)CC3)nc21. The van der Waals surface area contributed by atoms with Crippen LogP contribution in [0.25, 0.3) is 16.9 Å². The summed E-state index contributed by atoms with van der Waals surface area (Å²) in [5.41, 5.74) is 1.04. The van der Waals surface area contributed by atoms with Gasteiger partial charge in [-0.25, -0.2) is 9.97 Å². The Labute approximate surface area is 170 Å². The van der Waals surface area contributed by atoms with E-state index < -0.39 is 12.1 Å². The fraction of sp³-hybridized carbons (Fsp3) is 0.450. The number of hydrogen-bond donors (Lipinski definition) is 0. The normalized spacial score (nSPS) is 20.3. The van der Waals surface area contributed by atoms with E-state index in [-0.39, 0.29) is 29.8 Å². The monoisotopic (exact) mass is 424 g/mol. The first-order valence-corrected chi connectivity index (χ1v) is 9.87. The zero-order valence-corrected chi connectivity index (χ0v) is 16.5. The topological polar surface area (TPSA) is 52.7 Å². The zero-order chi connectivity index (χ0) is 20.8. The van der Waals surface area contributed by atoms with Crippen molar-refractivity contribution in [2.24, 2.45) is 18.9 Å². The second-order valence-electron chi connectivity index (χ2n) is 7.64. The molecule has 0 spiro atoms. The van der Waals surface area contributed by atoms with E-state index in [4.69, 9.17) is 11.6 Å². The number of rotatable bonds is 3. The van der Waals surface area contributed by atoms with Crippen molar-refractivity contribution >= 4 is 22.8 Å². The lowest BCUT2D eigenvalue weighted by Crippen LogP contribution is -2.30. The molecule has 1 aromatic carbocycles. The van der Waals surface area contributed by atoms with Gasteiger partial charge in [0.1, 0.15) is 5.82 Å². The number of halogens is 4. The van der Waals surface area contributed by atoms with Crippen LogP contribution in [0.1, 0.15) is 31.5 Å². The van der Waals surface area contributed by atoms with Gasteiger partial charge in [0, 0.05) is 18.5 Å². The molecule has 0 N–H and O–H groups in total. The summed E-state index contributed by atoms with van der Waals surface area (Å²) in [4.78, 5) is 22.0. The highest BCUT2D eigenvalue weighted by atomic mass is 35.5. The first-order valence-electron chi connectivity index (χ1n) is 9.49. The minimum atomic E-state index is -4.14. The van der Waals surface area contributed by atoms with Crippen molar-refractivity contribution in [2.45, 2.75) is 38.3 Å². The van der Waals surface area contributed by atoms with Crippen molar-refractivity contribution in [3.05, 3.63) is 51.8 Å². The summed E-state index contributed by atoms with van der Waals surface area (Å²) in [6.07, 6.45) is -1.01. The molecular formula is C20H20ClF3N4O. The zero-order valence-electron chi connectivity index (χ0n) is 15.8. The predicted octanol–water partition coefficient (Wildman–Crippen LogP) is 4.68. The number of aryl methyl sites for hydroxylation is 1. The van der Waals surface area contributed by atoms with Crippen molar-refractivity contribution in [1.82, 2.24) is 19.1 Å². The third kappa shape index (κ3) is 3.90. The molecule has 0 amide bonds. The van der Waals surface area contributed by atoms with E-state index in [2.05, 4.69) is 9.97 Å². The largest absolute Gasteiger partial charge is 0.391 e. The van der Waals surface area contributed by atoms with Gasteiger partial charge in [-0.05, 0) is 55.9 Å². The Kier molecular flexibility index (Phi) is 5.14. The molecule has 1 saturated carbocycles. The van der Waals surface area contributed by atoms with Crippen LogP contribution < -0.4 is 5.56 Å². The van der Waals surface area contributed by atoms with Crippen molar-refractivity contribution in [3.8, 4) is 5.69 Å². The molecule has 0 aliphatic heterocycles. The Bertz CT molecular complexity index is 1080. The number of nitrogens with zero attached hydrogens (tertiary/aromatic N) is 4. The summed E-state index contributed by atoms with van der Waals surface area (Å²) in [7, 11) is 1.76. The van der Waals surface area contributed by atoms with E-state index >= 15 is 0 Å². The fourth-order valence-electron chi connectivity index (χ4n) is 4.05. The molecule has 0 radical (unpaired) electrons. The maximum atomic E-state index is 13.1. The molecule has 0 saturated heterocycles. The lowest BCUT2D eigenvalue weighted by atomic mass is 9.80. The van der Waals surface area contributed by atoms with E-state index in [1.807, 2.05) is 0 Å². The minimum absolute atomic E-state index is 0.0460. The molecule has 1 fully saturated rings. The average molecular weight is 425 g/mol. The van der Waals surface area contributed by atoms with Gasteiger partial charge in [-0.2, -0.15) is 13.2 Å². The smallest absolute Gasteiger partial charge is 0.318 e. The van der Waals surface area contributed by atoms with E-state index in [9.17, 15) is 18.0 Å². The molecule has 1 aliphatic carbocycles. The predicted molar refractivity (Wildman–Crippen MR) is 104 cm³/mol. The first-order chi connectivity index (χ1) is 13.7. The molecule has 2 aromatic heterocycles. The second kappa shape index (κ2) is 7.48. The number of alkyl halides is 3. The van der Waals surface area contributed by atoms with Gasteiger partial charge in [0.2, 0.25) is 0 Å². The number of aromatic nitrogens is 4. The highest BCUT2D eigenvalue weighted by molar-refractivity contribution is 6.30. The van der Waals surface area contributed by atoms with Gasteiger partial charge in [0.25, 0.3) is 5.56 Å². The summed E-state index contributed by atoms with van der Waals surface area (Å²) in [5.74, 6) is -0.654. The molecule has 1 aliphatic rings. The maximum absolute atomic E-state index is 13.1. The van der Waals surface area contributed by atoms with E-state index in [0.717, 1.165) is 0 Å². The molecule has 0 bridgehead atoms. The number of hydrogen-bond acceptors (Lipinski definition) is 3. The molecule has 2 heterocycles. The lowest BCUT2D eigenvalue weighted by molar-refractivity contribution is -0.183. The summed E-state index contributed by atoms with van der Waals surface area (Å²) in [5, 5.41) is 0.542. The van der Waals surface area contributed by atoms with Crippen LogP contribution in [-0.4, -0.2) is 25.3 Å². The van der Waals surface area contributed by atoms with Crippen molar-refractivity contribution in [2.75, 3.05) is 0 Å². The van der Waals surface area contributed by atoms with Crippen molar-refractivity contribution in [1.29, 1.82) is 0 Å². The molecule has 29 heavy (non-hydrogen) atoms. The highest BCUT2D eigenvalue weighted by Gasteiger charge is 2.41. The highest BCUT2D eigenvalue weighted by Crippen LogP contribution is 2.40. The molecule has 0 unspecified atom stereocenters. The summed E-state index contributed by atoms with van der Waals surface area (Å²) in [6, 6.07) is 6.82. The van der Waals surface area contributed by atoms with Crippen LogP contribution in [0.5, 0.6) is 0 Å². The van der Waals surface area contributed by atoms with Crippen LogP contribution >= 0.6 is 11.6 Å². The van der Waals surface area contributed by atoms with Gasteiger partial charge in [-0.1, -0.05) is 11.6 Å². The Hall–Kier alpha value is -2.35. The standard InChI is InChI=1S/C20H20ClF3N4O/c1-27-11-25-17-18(27)26-16(10-12-2-4-13(5-3-12)20(22,23)24)28(19(17)29)15-8-6-14(21)7-9-15/h6-9,11-13H,2-5,10H2,1H3. The van der Waals surface area contributed by atoms with Crippen LogP contribution in [0.2, 0.25) is 5.02 Å². The Morgan fingerprint density at radius 1 is 1.14 bits per heavy atom. The van der Waals surface area contributed by atoms with Gasteiger partial charge >= 0.3 is 6.18 Å².